The number of likely N-dealkylation sites (tertiary alicyclic amines) is 1. The minimum absolute atomic E-state index is 0.179. The molecule has 0 spiro atoms. The van der Waals surface area contributed by atoms with Crippen LogP contribution >= 0.6 is 0 Å². The second kappa shape index (κ2) is 7.21. The fraction of sp³-hybridized carbons (Fsp3) is 0.450. The molecule has 1 aromatic carbocycles. The number of carbonyl (C=O) groups is 1. The lowest BCUT2D eigenvalue weighted by Crippen LogP contribution is -2.35. The van der Waals surface area contributed by atoms with Gasteiger partial charge in [0, 0.05) is 37.8 Å². The van der Waals surface area contributed by atoms with Crippen LogP contribution in [-0.2, 0) is 11.2 Å². The van der Waals surface area contributed by atoms with Crippen molar-refractivity contribution in [3.05, 3.63) is 59.7 Å². The fourth-order valence-electron chi connectivity index (χ4n) is 2.96. The molecule has 1 amide bonds. The molecule has 1 saturated heterocycles. The molecule has 0 radical (unpaired) electrons. The molecule has 1 fully saturated rings. The number of ether oxygens (including phenoxy) is 1. The Balaban J connectivity index is 1.59. The molecule has 3 rings (SSSR count). The number of hydrogen-bond acceptors (Lipinski definition) is 4. The zero-order valence-corrected chi connectivity index (χ0v) is 15.1. The third-order valence-electron chi connectivity index (χ3n) is 4.18. The average Bonchev–Trinajstić information content (AvgIpc) is 3.05. The maximum Gasteiger partial charge on any atom is 0.410 e. The number of carbonyl (C=O) groups excluding carboxylic acids is 1. The number of amides is 1. The first-order chi connectivity index (χ1) is 11.9. The van der Waals surface area contributed by atoms with Gasteiger partial charge in [-0.3, -0.25) is 0 Å². The molecule has 5 nitrogen and oxygen atoms in total. The molecule has 1 unspecified atom stereocenters. The van der Waals surface area contributed by atoms with Crippen LogP contribution in [0.15, 0.2) is 42.7 Å². The third-order valence-corrected chi connectivity index (χ3v) is 4.18. The van der Waals surface area contributed by atoms with Crippen LogP contribution in [0.3, 0.4) is 0 Å². The van der Waals surface area contributed by atoms with E-state index in [4.69, 9.17) is 4.74 Å². The Bertz CT molecular complexity index is 708. The van der Waals surface area contributed by atoms with E-state index in [1.165, 1.54) is 5.56 Å². The van der Waals surface area contributed by atoms with Crippen LogP contribution in [0.5, 0.6) is 0 Å². The number of aromatic nitrogens is 2. The monoisotopic (exact) mass is 339 g/mol. The van der Waals surface area contributed by atoms with E-state index in [0.717, 1.165) is 24.2 Å². The van der Waals surface area contributed by atoms with Gasteiger partial charge >= 0.3 is 6.09 Å². The second-order valence-corrected chi connectivity index (χ2v) is 7.52. The van der Waals surface area contributed by atoms with Gasteiger partial charge in [0.2, 0.25) is 0 Å². The Morgan fingerprint density at radius 1 is 1.16 bits per heavy atom. The maximum absolute atomic E-state index is 12.2. The van der Waals surface area contributed by atoms with Crippen molar-refractivity contribution in [3.63, 3.8) is 0 Å². The van der Waals surface area contributed by atoms with Crippen LogP contribution in [0, 0.1) is 0 Å². The van der Waals surface area contributed by atoms with Crippen molar-refractivity contribution < 1.29 is 9.53 Å². The minimum atomic E-state index is -0.468. The smallest absolute Gasteiger partial charge is 0.410 e. The summed E-state index contributed by atoms with van der Waals surface area (Å²) in [5, 5.41) is 0. The van der Waals surface area contributed by atoms with Crippen molar-refractivity contribution in [3.8, 4) is 0 Å². The van der Waals surface area contributed by atoms with Gasteiger partial charge < -0.3 is 9.64 Å². The lowest BCUT2D eigenvalue weighted by molar-refractivity contribution is 0.0292. The van der Waals surface area contributed by atoms with E-state index in [9.17, 15) is 4.79 Å². The third kappa shape index (κ3) is 4.78. The molecule has 0 N–H and O–H groups in total. The number of benzene rings is 1. The lowest BCUT2D eigenvalue weighted by atomic mass is 10.1. The van der Waals surface area contributed by atoms with Gasteiger partial charge in [-0.15, -0.1) is 0 Å². The fourth-order valence-corrected chi connectivity index (χ4v) is 2.96. The highest BCUT2D eigenvalue weighted by Gasteiger charge is 2.31. The van der Waals surface area contributed by atoms with Crippen LogP contribution in [0.2, 0.25) is 0 Å². The minimum Gasteiger partial charge on any atom is -0.444 e. The summed E-state index contributed by atoms with van der Waals surface area (Å²) in [7, 11) is 0. The van der Waals surface area contributed by atoms with Crippen molar-refractivity contribution in [1.29, 1.82) is 0 Å². The van der Waals surface area contributed by atoms with E-state index in [-0.39, 0.29) is 12.0 Å². The van der Waals surface area contributed by atoms with Crippen LogP contribution in [0.4, 0.5) is 4.79 Å². The summed E-state index contributed by atoms with van der Waals surface area (Å²) < 4.78 is 5.44. The highest BCUT2D eigenvalue weighted by Crippen LogP contribution is 2.26. The van der Waals surface area contributed by atoms with Crippen molar-refractivity contribution >= 4 is 6.09 Å². The number of rotatable bonds is 3. The molecular weight excluding hydrogens is 314 g/mol. The Morgan fingerprint density at radius 2 is 1.84 bits per heavy atom. The van der Waals surface area contributed by atoms with Crippen molar-refractivity contribution in [1.82, 2.24) is 14.9 Å². The zero-order valence-electron chi connectivity index (χ0n) is 15.1. The molecule has 1 atom stereocenters. The largest absolute Gasteiger partial charge is 0.444 e. The normalized spacial score (nSPS) is 17.6. The molecular formula is C20H25N3O2. The van der Waals surface area contributed by atoms with Gasteiger partial charge in [0.1, 0.15) is 11.4 Å². The Kier molecular flexibility index (Phi) is 5.02. The Hall–Kier alpha value is -2.43. The highest BCUT2D eigenvalue weighted by atomic mass is 16.6. The van der Waals surface area contributed by atoms with E-state index < -0.39 is 5.60 Å². The van der Waals surface area contributed by atoms with Crippen LogP contribution in [0.1, 0.15) is 50.1 Å². The summed E-state index contributed by atoms with van der Waals surface area (Å²) in [5.41, 5.74) is 1.87. The van der Waals surface area contributed by atoms with Crippen LogP contribution in [-0.4, -0.2) is 39.7 Å². The van der Waals surface area contributed by atoms with Gasteiger partial charge in [-0.1, -0.05) is 30.3 Å². The van der Waals surface area contributed by atoms with Crippen molar-refractivity contribution in [2.75, 3.05) is 13.1 Å². The van der Waals surface area contributed by atoms with E-state index >= 15 is 0 Å². The summed E-state index contributed by atoms with van der Waals surface area (Å²) in [4.78, 5) is 23.0. The Morgan fingerprint density at radius 3 is 2.48 bits per heavy atom. The van der Waals surface area contributed by atoms with E-state index in [1.54, 1.807) is 4.90 Å². The topological polar surface area (TPSA) is 55.3 Å². The Labute approximate surface area is 149 Å². The number of nitrogens with zero attached hydrogens (tertiary/aromatic N) is 3. The predicted octanol–water partition coefficient (Wildman–Crippen LogP) is 3.79. The average molecular weight is 339 g/mol. The summed E-state index contributed by atoms with van der Waals surface area (Å²) in [6.45, 7) is 6.95. The summed E-state index contributed by atoms with van der Waals surface area (Å²) in [5.74, 6) is 0.987. The molecule has 0 aliphatic carbocycles. The zero-order chi connectivity index (χ0) is 17.9. The molecule has 5 heteroatoms. The number of hydrogen-bond donors (Lipinski definition) is 0. The molecule has 25 heavy (non-hydrogen) atoms. The second-order valence-electron chi connectivity index (χ2n) is 7.52. The van der Waals surface area contributed by atoms with Gasteiger partial charge in [-0.2, -0.15) is 0 Å². The highest BCUT2D eigenvalue weighted by molar-refractivity contribution is 5.68. The predicted molar refractivity (Wildman–Crippen MR) is 96.4 cm³/mol. The van der Waals surface area contributed by atoms with Crippen molar-refractivity contribution in [2.24, 2.45) is 0 Å². The molecule has 1 aliphatic rings. The van der Waals surface area contributed by atoms with Crippen LogP contribution < -0.4 is 0 Å². The van der Waals surface area contributed by atoms with Gasteiger partial charge in [0.05, 0.1) is 0 Å². The molecule has 0 saturated carbocycles. The van der Waals surface area contributed by atoms with Crippen LogP contribution in [0.25, 0.3) is 0 Å². The van der Waals surface area contributed by atoms with Gasteiger partial charge in [-0.05, 0) is 38.3 Å². The van der Waals surface area contributed by atoms with E-state index in [2.05, 4.69) is 22.1 Å². The van der Waals surface area contributed by atoms with Crippen molar-refractivity contribution in [2.45, 2.75) is 45.1 Å². The maximum atomic E-state index is 12.2. The molecule has 2 aromatic rings. The first kappa shape index (κ1) is 17.4. The quantitative estimate of drug-likeness (QED) is 0.854. The van der Waals surface area contributed by atoms with Gasteiger partial charge in [-0.25, -0.2) is 14.8 Å². The first-order valence-corrected chi connectivity index (χ1v) is 8.73. The standard InChI is InChI=1S/C20H25N3O2/c1-20(2,3)25-19(24)23-10-9-17(14-23)18-21-12-16(13-22-18)11-15-7-5-4-6-8-15/h4-8,12-13,17H,9-11,14H2,1-3H3. The molecule has 1 aliphatic heterocycles. The molecule has 2 heterocycles. The summed E-state index contributed by atoms with van der Waals surface area (Å²) >= 11 is 0. The van der Waals surface area contributed by atoms with E-state index in [1.807, 2.05) is 51.4 Å². The SMILES string of the molecule is CC(C)(C)OC(=O)N1CCC(c2ncc(Cc3ccccc3)cn2)C1. The first-order valence-electron chi connectivity index (χ1n) is 8.73. The molecule has 0 bridgehead atoms. The molecule has 132 valence electrons. The van der Waals surface area contributed by atoms with Gasteiger partial charge in [0.25, 0.3) is 0 Å². The molecule has 1 aromatic heterocycles. The summed E-state index contributed by atoms with van der Waals surface area (Å²) in [6.07, 6.45) is 5.24. The lowest BCUT2D eigenvalue weighted by Gasteiger charge is -2.24. The van der Waals surface area contributed by atoms with E-state index in [0.29, 0.717) is 13.1 Å². The van der Waals surface area contributed by atoms with Gasteiger partial charge in [0.15, 0.2) is 0 Å². The summed E-state index contributed by atoms with van der Waals surface area (Å²) in [6, 6.07) is 10.3.